The molecule has 1 rings (SSSR count). The van der Waals surface area contributed by atoms with Crippen LogP contribution in [-0.2, 0) is 20.8 Å². The third-order valence-corrected chi connectivity index (χ3v) is 5.39. The van der Waals surface area contributed by atoms with Gasteiger partial charge in [0.25, 0.3) is 0 Å². The van der Waals surface area contributed by atoms with Crippen LogP contribution in [0.2, 0.25) is 0 Å². The van der Waals surface area contributed by atoms with E-state index in [9.17, 15) is 24.6 Å². The van der Waals surface area contributed by atoms with Crippen LogP contribution in [0.15, 0.2) is 30.3 Å². The van der Waals surface area contributed by atoms with Gasteiger partial charge in [0.1, 0.15) is 12.1 Å². The Kier molecular flexibility index (Phi) is 9.98. The van der Waals surface area contributed by atoms with Crippen molar-refractivity contribution in [3.63, 3.8) is 0 Å². The van der Waals surface area contributed by atoms with Crippen molar-refractivity contribution in [3.05, 3.63) is 35.9 Å². The van der Waals surface area contributed by atoms with Crippen LogP contribution in [0.4, 0.5) is 0 Å². The Labute approximate surface area is 172 Å². The highest BCUT2D eigenvalue weighted by molar-refractivity contribution is 5.91. The fourth-order valence-electron chi connectivity index (χ4n) is 3.15. The molecule has 7 nitrogen and oxygen atoms in total. The number of amides is 1. The molecule has 1 amide bonds. The molecule has 0 fully saturated rings. The van der Waals surface area contributed by atoms with Crippen molar-refractivity contribution in [3.8, 4) is 0 Å². The van der Waals surface area contributed by atoms with E-state index in [1.807, 2.05) is 37.3 Å². The molecule has 0 aliphatic carbocycles. The maximum atomic E-state index is 12.7. The van der Waals surface area contributed by atoms with Crippen molar-refractivity contribution in [2.24, 2.45) is 23.5 Å². The zero-order chi connectivity index (χ0) is 22.1. The molecular weight excluding hydrogens is 372 g/mol. The summed E-state index contributed by atoms with van der Waals surface area (Å²) in [5.41, 5.74) is 6.91. The summed E-state index contributed by atoms with van der Waals surface area (Å²) in [5, 5.41) is 22.3. The summed E-state index contributed by atoms with van der Waals surface area (Å²) in [6, 6.07) is 7.50. The third-order valence-electron chi connectivity index (χ3n) is 5.39. The maximum absolute atomic E-state index is 12.7. The van der Waals surface area contributed by atoms with Gasteiger partial charge in [0.2, 0.25) is 5.91 Å². The molecule has 7 heteroatoms. The summed E-state index contributed by atoms with van der Waals surface area (Å²) in [6.45, 7) is 7.17. The lowest BCUT2D eigenvalue weighted by Gasteiger charge is -2.26. The number of hydrogen-bond donors (Lipinski definition) is 4. The highest BCUT2D eigenvalue weighted by Crippen LogP contribution is 2.19. The van der Waals surface area contributed by atoms with Gasteiger partial charge in [0.15, 0.2) is 5.78 Å². The molecule has 5 unspecified atom stereocenters. The number of Topliss-reactive ketones (excluding diaryl/α,β-unsaturated/α-hetero) is 1. The first kappa shape index (κ1) is 24.8. The van der Waals surface area contributed by atoms with E-state index in [2.05, 4.69) is 5.32 Å². The fourth-order valence-corrected chi connectivity index (χ4v) is 3.15. The Morgan fingerprint density at radius 2 is 1.69 bits per heavy atom. The molecule has 0 aliphatic rings. The highest BCUT2D eigenvalue weighted by atomic mass is 16.4. The van der Waals surface area contributed by atoms with E-state index < -0.39 is 41.8 Å². The lowest BCUT2D eigenvalue weighted by molar-refractivity contribution is -0.144. The second kappa shape index (κ2) is 11.7. The van der Waals surface area contributed by atoms with Gasteiger partial charge in [0.05, 0.1) is 0 Å². The molecule has 5 atom stereocenters. The van der Waals surface area contributed by atoms with Crippen molar-refractivity contribution in [2.45, 2.75) is 65.1 Å². The molecule has 162 valence electrons. The number of aliphatic hydroxyl groups excluding tert-OH is 1. The largest absolute Gasteiger partial charge is 0.480 e. The number of carbonyl (C=O) groups excluding carboxylic acids is 2. The molecular formula is C22H34N2O5. The number of carboxylic acid groups (broad SMARTS) is 1. The van der Waals surface area contributed by atoms with Crippen LogP contribution in [0.1, 0.15) is 46.1 Å². The zero-order valence-corrected chi connectivity index (χ0v) is 17.7. The maximum Gasteiger partial charge on any atom is 0.326 e. The molecule has 0 bridgehead atoms. The Morgan fingerprint density at radius 3 is 2.17 bits per heavy atom. The van der Waals surface area contributed by atoms with Gasteiger partial charge in [-0.05, 0) is 23.8 Å². The van der Waals surface area contributed by atoms with Crippen LogP contribution in [-0.4, -0.2) is 46.1 Å². The molecule has 0 heterocycles. The number of ketones is 1. The molecule has 29 heavy (non-hydrogen) atoms. The van der Waals surface area contributed by atoms with E-state index in [0.717, 1.165) is 5.56 Å². The van der Waals surface area contributed by atoms with Crippen molar-refractivity contribution in [1.29, 1.82) is 0 Å². The second-order valence-corrected chi connectivity index (χ2v) is 8.03. The number of aliphatic carboxylic acids is 1. The van der Waals surface area contributed by atoms with Crippen LogP contribution in [0, 0.1) is 17.8 Å². The third kappa shape index (κ3) is 7.59. The van der Waals surface area contributed by atoms with Crippen LogP contribution < -0.4 is 11.1 Å². The van der Waals surface area contributed by atoms with Crippen molar-refractivity contribution < 1.29 is 24.6 Å². The van der Waals surface area contributed by atoms with Crippen molar-refractivity contribution in [2.75, 3.05) is 0 Å². The zero-order valence-electron chi connectivity index (χ0n) is 17.7. The summed E-state index contributed by atoms with van der Waals surface area (Å²) < 4.78 is 0. The number of aliphatic hydroxyl groups is 1. The molecule has 5 N–H and O–H groups in total. The summed E-state index contributed by atoms with van der Waals surface area (Å²) >= 11 is 0. The minimum Gasteiger partial charge on any atom is -0.480 e. The molecule has 0 saturated carbocycles. The van der Waals surface area contributed by atoms with Gasteiger partial charge >= 0.3 is 5.97 Å². The Bertz CT molecular complexity index is 677. The van der Waals surface area contributed by atoms with Crippen molar-refractivity contribution in [1.82, 2.24) is 5.32 Å². The number of benzene rings is 1. The number of hydrogen-bond acceptors (Lipinski definition) is 5. The van der Waals surface area contributed by atoms with E-state index in [0.29, 0.717) is 12.8 Å². The Hall–Kier alpha value is -2.25. The summed E-state index contributed by atoms with van der Waals surface area (Å²) in [4.78, 5) is 36.8. The van der Waals surface area contributed by atoms with Crippen LogP contribution >= 0.6 is 0 Å². The average molecular weight is 407 g/mol. The van der Waals surface area contributed by atoms with E-state index in [-0.39, 0.29) is 18.3 Å². The van der Waals surface area contributed by atoms with Crippen LogP contribution in [0.25, 0.3) is 0 Å². The van der Waals surface area contributed by atoms with Gasteiger partial charge in [-0.25, -0.2) is 4.79 Å². The molecule has 0 aromatic heterocycles. The number of nitrogens with two attached hydrogens (primary N) is 1. The number of nitrogens with one attached hydrogen (secondary N) is 1. The molecule has 1 aromatic rings. The first-order valence-electron chi connectivity index (χ1n) is 10.1. The molecule has 0 radical (unpaired) electrons. The van der Waals surface area contributed by atoms with Gasteiger partial charge in [-0.3, -0.25) is 9.59 Å². The number of rotatable bonds is 12. The Morgan fingerprint density at radius 1 is 1.10 bits per heavy atom. The first-order chi connectivity index (χ1) is 13.6. The summed E-state index contributed by atoms with van der Waals surface area (Å²) in [6.07, 6.45) is -0.661. The van der Waals surface area contributed by atoms with Crippen molar-refractivity contribution >= 4 is 17.7 Å². The molecule has 0 saturated heterocycles. The minimum atomic E-state index is -1.39. The lowest BCUT2D eigenvalue weighted by Crippen LogP contribution is -2.49. The average Bonchev–Trinajstić information content (AvgIpc) is 2.68. The van der Waals surface area contributed by atoms with Gasteiger partial charge < -0.3 is 21.3 Å². The lowest BCUT2D eigenvalue weighted by atomic mass is 9.86. The Balaban J connectivity index is 2.79. The molecule has 0 aliphatic heterocycles. The van der Waals surface area contributed by atoms with E-state index in [4.69, 9.17) is 5.73 Å². The molecule has 1 aromatic carbocycles. The predicted octanol–water partition coefficient (Wildman–Crippen LogP) is 1.76. The highest BCUT2D eigenvalue weighted by Gasteiger charge is 2.33. The molecule has 0 spiro atoms. The SMILES string of the molecule is CCC(C)C(NC(=O)C(CC(=O)C(O)C(N)Cc1ccccc1)C(C)C)C(=O)O. The predicted molar refractivity (Wildman–Crippen MR) is 111 cm³/mol. The van der Waals surface area contributed by atoms with Gasteiger partial charge in [-0.1, -0.05) is 64.4 Å². The van der Waals surface area contributed by atoms with E-state index >= 15 is 0 Å². The number of carbonyl (C=O) groups is 3. The van der Waals surface area contributed by atoms with Crippen LogP contribution in [0.5, 0.6) is 0 Å². The van der Waals surface area contributed by atoms with Crippen LogP contribution in [0.3, 0.4) is 0 Å². The van der Waals surface area contributed by atoms with E-state index in [1.165, 1.54) is 0 Å². The smallest absolute Gasteiger partial charge is 0.326 e. The normalized spacial score (nSPS) is 16.5. The quantitative estimate of drug-likeness (QED) is 0.418. The first-order valence-corrected chi connectivity index (χ1v) is 10.1. The summed E-state index contributed by atoms with van der Waals surface area (Å²) in [7, 11) is 0. The minimum absolute atomic E-state index is 0.194. The summed E-state index contributed by atoms with van der Waals surface area (Å²) in [5.74, 6) is -3.31. The topological polar surface area (TPSA) is 130 Å². The van der Waals surface area contributed by atoms with Gasteiger partial charge in [-0.15, -0.1) is 0 Å². The fraction of sp³-hybridized carbons (Fsp3) is 0.591. The monoisotopic (exact) mass is 406 g/mol. The van der Waals surface area contributed by atoms with Gasteiger partial charge in [-0.2, -0.15) is 0 Å². The second-order valence-electron chi connectivity index (χ2n) is 8.03. The van der Waals surface area contributed by atoms with Gasteiger partial charge in [0, 0.05) is 18.4 Å². The number of carboxylic acids is 1. The standard InChI is InChI=1S/C22H34N2O5/c1-5-14(4)19(22(28)29)24-21(27)16(13(2)3)12-18(25)20(26)17(23)11-15-9-7-6-8-10-15/h6-10,13-14,16-17,19-20,26H,5,11-12,23H2,1-4H3,(H,24,27)(H,28,29). The van der Waals surface area contributed by atoms with E-state index in [1.54, 1.807) is 20.8 Å².